The molecule has 1 atom stereocenters. The van der Waals surface area contributed by atoms with E-state index in [4.69, 9.17) is 4.42 Å². The molecule has 2 aromatic heterocycles. The molecule has 7 heteroatoms. The summed E-state index contributed by atoms with van der Waals surface area (Å²) < 4.78 is 6.64. The molecule has 0 aromatic carbocycles. The molecule has 0 bridgehead atoms. The minimum absolute atomic E-state index is 0.0777. The Hall–Kier alpha value is -0.920. The monoisotopic (exact) mass is 330 g/mol. The Labute approximate surface area is 118 Å². The fourth-order valence-electron chi connectivity index (χ4n) is 1.48. The van der Waals surface area contributed by atoms with Crippen LogP contribution in [0.4, 0.5) is 6.01 Å². The summed E-state index contributed by atoms with van der Waals surface area (Å²) >= 11 is 5.11. The van der Waals surface area contributed by atoms with Crippen LogP contribution >= 0.6 is 27.3 Å². The average Bonchev–Trinajstić information content (AvgIpc) is 2.95. The van der Waals surface area contributed by atoms with Gasteiger partial charge in [-0.1, -0.05) is 12.0 Å². The molecule has 0 radical (unpaired) electrons. The molecule has 0 spiro atoms. The molecule has 2 rings (SSSR count). The lowest BCUT2D eigenvalue weighted by molar-refractivity contribution is 0.429. The van der Waals surface area contributed by atoms with Crippen molar-refractivity contribution in [3.8, 4) is 0 Å². The molecule has 0 aliphatic carbocycles. The number of nitrogens with zero attached hydrogens (tertiary/aromatic N) is 2. The van der Waals surface area contributed by atoms with Crippen molar-refractivity contribution in [2.45, 2.75) is 26.4 Å². The van der Waals surface area contributed by atoms with Crippen LogP contribution in [0.5, 0.6) is 0 Å². The van der Waals surface area contributed by atoms with Crippen molar-refractivity contribution in [1.82, 2.24) is 15.5 Å². The van der Waals surface area contributed by atoms with Crippen LogP contribution in [0.2, 0.25) is 0 Å². The van der Waals surface area contributed by atoms with E-state index in [1.165, 1.54) is 4.88 Å². The van der Waals surface area contributed by atoms with Crippen LogP contribution < -0.4 is 10.6 Å². The lowest BCUT2D eigenvalue weighted by Crippen LogP contribution is -2.17. The normalized spacial score (nSPS) is 12.6. The second-order valence-electron chi connectivity index (χ2n) is 3.78. The first-order chi connectivity index (χ1) is 8.69. The van der Waals surface area contributed by atoms with E-state index in [0.29, 0.717) is 18.5 Å². The first-order valence-corrected chi connectivity index (χ1v) is 7.35. The lowest BCUT2D eigenvalue weighted by Gasteiger charge is -2.05. The molecular formula is C11H15BrN4OS. The number of hydrogen-bond donors (Lipinski definition) is 2. The first-order valence-electron chi connectivity index (χ1n) is 5.74. The van der Waals surface area contributed by atoms with Gasteiger partial charge >= 0.3 is 6.01 Å². The zero-order valence-electron chi connectivity index (χ0n) is 10.2. The fourth-order valence-corrected chi connectivity index (χ4v) is 2.91. The average molecular weight is 331 g/mol. The SMILES string of the molecule is CCNC(C)c1nnc(NCc2ccc(Br)s2)o1. The van der Waals surface area contributed by atoms with E-state index in [9.17, 15) is 0 Å². The molecule has 1 unspecified atom stereocenters. The smallest absolute Gasteiger partial charge is 0.315 e. The molecule has 2 heterocycles. The summed E-state index contributed by atoms with van der Waals surface area (Å²) in [6.07, 6.45) is 0. The number of anilines is 1. The Kier molecular flexibility index (Phi) is 4.73. The van der Waals surface area contributed by atoms with E-state index in [0.717, 1.165) is 10.3 Å². The van der Waals surface area contributed by atoms with Crippen LogP contribution in [0.1, 0.15) is 30.7 Å². The van der Waals surface area contributed by atoms with Crippen molar-refractivity contribution in [3.05, 3.63) is 26.7 Å². The molecule has 0 saturated heterocycles. The third kappa shape index (κ3) is 3.54. The summed E-state index contributed by atoms with van der Waals surface area (Å²) in [5.74, 6) is 0.603. The molecule has 0 fully saturated rings. The van der Waals surface area contributed by atoms with E-state index in [1.54, 1.807) is 11.3 Å². The molecular weight excluding hydrogens is 316 g/mol. The minimum Gasteiger partial charge on any atom is -0.406 e. The van der Waals surface area contributed by atoms with Crippen LogP contribution in [0.25, 0.3) is 0 Å². The van der Waals surface area contributed by atoms with Crippen LogP contribution in [-0.4, -0.2) is 16.7 Å². The van der Waals surface area contributed by atoms with Gasteiger partial charge in [0.05, 0.1) is 16.4 Å². The van der Waals surface area contributed by atoms with Gasteiger partial charge < -0.3 is 15.1 Å². The van der Waals surface area contributed by atoms with Crippen molar-refractivity contribution in [2.75, 3.05) is 11.9 Å². The summed E-state index contributed by atoms with van der Waals surface area (Å²) in [4.78, 5) is 1.21. The van der Waals surface area contributed by atoms with E-state index in [-0.39, 0.29) is 6.04 Å². The second-order valence-corrected chi connectivity index (χ2v) is 6.33. The summed E-state index contributed by atoms with van der Waals surface area (Å²) in [5.41, 5.74) is 0. The lowest BCUT2D eigenvalue weighted by atomic mass is 10.3. The van der Waals surface area contributed by atoms with Crippen molar-refractivity contribution in [1.29, 1.82) is 0 Å². The molecule has 98 valence electrons. The van der Waals surface area contributed by atoms with Gasteiger partial charge in [0.25, 0.3) is 0 Å². The highest BCUT2D eigenvalue weighted by Gasteiger charge is 2.12. The van der Waals surface area contributed by atoms with E-state index in [2.05, 4.69) is 42.8 Å². The van der Waals surface area contributed by atoms with Gasteiger partial charge in [-0.3, -0.25) is 0 Å². The van der Waals surface area contributed by atoms with Crippen LogP contribution in [0.15, 0.2) is 20.3 Å². The number of nitrogens with one attached hydrogen (secondary N) is 2. The quantitative estimate of drug-likeness (QED) is 0.851. The Bertz CT molecular complexity index is 499. The molecule has 2 aromatic rings. The third-order valence-electron chi connectivity index (χ3n) is 2.36. The van der Waals surface area contributed by atoms with E-state index >= 15 is 0 Å². The number of rotatable bonds is 6. The second kappa shape index (κ2) is 6.31. The van der Waals surface area contributed by atoms with Crippen LogP contribution in [-0.2, 0) is 6.54 Å². The summed E-state index contributed by atoms with van der Waals surface area (Å²) in [6, 6.07) is 4.61. The maximum Gasteiger partial charge on any atom is 0.315 e. The van der Waals surface area contributed by atoms with Crippen LogP contribution in [0.3, 0.4) is 0 Å². The maximum atomic E-state index is 5.52. The van der Waals surface area contributed by atoms with Gasteiger partial charge in [-0.15, -0.1) is 16.4 Å². The molecule has 18 heavy (non-hydrogen) atoms. The summed E-state index contributed by atoms with van der Waals surface area (Å²) in [7, 11) is 0. The standard InChI is InChI=1S/C11H15BrN4OS/c1-3-13-7(2)10-15-16-11(17-10)14-6-8-4-5-9(12)18-8/h4-5,7,13H,3,6H2,1-2H3,(H,14,16). The van der Waals surface area contributed by atoms with Gasteiger partial charge in [-0.25, -0.2) is 0 Å². The summed E-state index contributed by atoms with van der Waals surface area (Å²) in [5, 5.41) is 14.3. The number of halogens is 1. The van der Waals surface area contributed by atoms with Crippen molar-refractivity contribution in [2.24, 2.45) is 0 Å². The van der Waals surface area contributed by atoms with E-state index in [1.807, 2.05) is 19.9 Å². The number of thiophene rings is 1. The van der Waals surface area contributed by atoms with Gasteiger partial charge in [-0.2, -0.15) is 0 Å². The molecule has 0 aliphatic heterocycles. The van der Waals surface area contributed by atoms with Crippen molar-refractivity contribution < 1.29 is 4.42 Å². The zero-order valence-corrected chi connectivity index (χ0v) is 12.6. The van der Waals surface area contributed by atoms with Crippen LogP contribution in [0, 0.1) is 0 Å². The number of hydrogen-bond acceptors (Lipinski definition) is 6. The van der Waals surface area contributed by atoms with Crippen molar-refractivity contribution >= 4 is 33.3 Å². The molecule has 0 saturated carbocycles. The first kappa shape index (κ1) is 13.5. The highest BCUT2D eigenvalue weighted by molar-refractivity contribution is 9.11. The van der Waals surface area contributed by atoms with Gasteiger partial charge in [0.2, 0.25) is 5.89 Å². The Morgan fingerprint density at radius 3 is 2.94 bits per heavy atom. The molecule has 0 aliphatic rings. The fraction of sp³-hybridized carbons (Fsp3) is 0.455. The Morgan fingerprint density at radius 1 is 1.44 bits per heavy atom. The van der Waals surface area contributed by atoms with Gasteiger partial charge in [0.15, 0.2) is 0 Å². The zero-order chi connectivity index (χ0) is 13.0. The van der Waals surface area contributed by atoms with Crippen molar-refractivity contribution in [3.63, 3.8) is 0 Å². The predicted octanol–water partition coefficient (Wildman–Crippen LogP) is 3.18. The largest absolute Gasteiger partial charge is 0.406 e. The highest BCUT2D eigenvalue weighted by atomic mass is 79.9. The summed E-state index contributed by atoms with van der Waals surface area (Å²) in [6.45, 7) is 5.60. The third-order valence-corrected chi connectivity index (χ3v) is 3.99. The Balaban J connectivity index is 1.90. The van der Waals surface area contributed by atoms with Gasteiger partial charge in [0.1, 0.15) is 0 Å². The molecule has 2 N–H and O–H groups in total. The minimum atomic E-state index is 0.0777. The molecule has 0 amide bonds. The van der Waals surface area contributed by atoms with Gasteiger partial charge in [-0.05, 0) is 41.5 Å². The number of aromatic nitrogens is 2. The predicted molar refractivity (Wildman–Crippen MR) is 75.7 cm³/mol. The van der Waals surface area contributed by atoms with E-state index < -0.39 is 0 Å². The highest BCUT2D eigenvalue weighted by Crippen LogP contribution is 2.23. The maximum absolute atomic E-state index is 5.52. The van der Waals surface area contributed by atoms with Gasteiger partial charge in [0, 0.05) is 4.88 Å². The molecule has 5 nitrogen and oxygen atoms in total. The topological polar surface area (TPSA) is 63.0 Å². The Morgan fingerprint density at radius 2 is 2.28 bits per heavy atom.